The molecule has 0 bridgehead atoms. The van der Waals surface area contributed by atoms with Crippen molar-refractivity contribution in [1.82, 2.24) is 4.31 Å². The standard InChI is InChI=1S/C15H23NO4S/c1-3-5-11-21(18,19)16(13-15(17)20-4-2)12-14-9-7-6-8-10-14/h6-10H,3-5,11-13H2,1-2H3. The summed E-state index contributed by atoms with van der Waals surface area (Å²) in [4.78, 5) is 11.6. The molecule has 0 saturated heterocycles. The molecule has 5 nitrogen and oxygen atoms in total. The van der Waals surface area contributed by atoms with Crippen LogP contribution in [0, 0.1) is 0 Å². The number of esters is 1. The molecule has 0 aliphatic rings. The van der Waals surface area contributed by atoms with E-state index in [0.717, 1.165) is 12.0 Å². The third-order valence-electron chi connectivity index (χ3n) is 2.96. The first-order valence-electron chi connectivity index (χ1n) is 7.17. The highest BCUT2D eigenvalue weighted by Crippen LogP contribution is 2.11. The molecule has 0 saturated carbocycles. The number of sulfonamides is 1. The summed E-state index contributed by atoms with van der Waals surface area (Å²) in [5.41, 5.74) is 0.849. The number of benzene rings is 1. The molecule has 118 valence electrons. The zero-order valence-electron chi connectivity index (χ0n) is 12.6. The van der Waals surface area contributed by atoms with Crippen molar-refractivity contribution in [2.45, 2.75) is 33.2 Å². The van der Waals surface area contributed by atoms with Crippen molar-refractivity contribution < 1.29 is 17.9 Å². The van der Waals surface area contributed by atoms with E-state index in [-0.39, 0.29) is 25.4 Å². The summed E-state index contributed by atoms with van der Waals surface area (Å²) >= 11 is 0. The average Bonchev–Trinajstić information content (AvgIpc) is 2.46. The maximum atomic E-state index is 12.4. The molecule has 1 rings (SSSR count). The number of hydrogen-bond acceptors (Lipinski definition) is 4. The smallest absolute Gasteiger partial charge is 0.321 e. The Morgan fingerprint density at radius 3 is 2.43 bits per heavy atom. The van der Waals surface area contributed by atoms with Crippen LogP contribution in [0.2, 0.25) is 0 Å². The number of nitrogens with zero attached hydrogens (tertiary/aromatic N) is 1. The van der Waals surface area contributed by atoms with Gasteiger partial charge in [0.2, 0.25) is 10.0 Å². The van der Waals surface area contributed by atoms with Gasteiger partial charge in [-0.25, -0.2) is 8.42 Å². The van der Waals surface area contributed by atoms with Crippen LogP contribution in [-0.2, 0) is 26.1 Å². The van der Waals surface area contributed by atoms with E-state index in [1.165, 1.54) is 4.31 Å². The van der Waals surface area contributed by atoms with Gasteiger partial charge in [0.1, 0.15) is 6.54 Å². The molecule has 0 spiro atoms. The number of rotatable bonds is 9. The van der Waals surface area contributed by atoms with Crippen molar-refractivity contribution in [2.24, 2.45) is 0 Å². The number of hydrogen-bond donors (Lipinski definition) is 0. The van der Waals surface area contributed by atoms with E-state index < -0.39 is 16.0 Å². The van der Waals surface area contributed by atoms with E-state index in [9.17, 15) is 13.2 Å². The highest BCUT2D eigenvalue weighted by Gasteiger charge is 2.24. The quantitative estimate of drug-likeness (QED) is 0.656. The van der Waals surface area contributed by atoms with Gasteiger partial charge in [0.05, 0.1) is 12.4 Å². The zero-order valence-corrected chi connectivity index (χ0v) is 13.4. The largest absolute Gasteiger partial charge is 0.465 e. The van der Waals surface area contributed by atoms with E-state index in [1.54, 1.807) is 6.92 Å². The first-order chi connectivity index (χ1) is 9.99. The maximum Gasteiger partial charge on any atom is 0.321 e. The lowest BCUT2D eigenvalue weighted by Crippen LogP contribution is -2.37. The Hall–Kier alpha value is -1.40. The molecular weight excluding hydrogens is 290 g/mol. The summed E-state index contributed by atoms with van der Waals surface area (Å²) in [6.45, 7) is 3.82. The minimum Gasteiger partial charge on any atom is -0.465 e. The van der Waals surface area contributed by atoms with Crippen molar-refractivity contribution in [3.8, 4) is 0 Å². The predicted octanol–water partition coefficient (Wildman–Crippen LogP) is 2.18. The van der Waals surface area contributed by atoms with Crippen LogP contribution >= 0.6 is 0 Å². The number of carbonyl (C=O) groups excluding carboxylic acids is 1. The van der Waals surface area contributed by atoms with Crippen LogP contribution in [0.5, 0.6) is 0 Å². The minimum atomic E-state index is -3.46. The maximum absolute atomic E-state index is 12.4. The molecule has 0 atom stereocenters. The number of unbranched alkanes of at least 4 members (excludes halogenated alkanes) is 1. The van der Waals surface area contributed by atoms with Crippen LogP contribution in [0.4, 0.5) is 0 Å². The Bertz CT molecular complexity index is 528. The second-order valence-corrected chi connectivity index (χ2v) is 6.82. The molecule has 6 heteroatoms. The lowest BCUT2D eigenvalue weighted by Gasteiger charge is -2.21. The van der Waals surface area contributed by atoms with Crippen LogP contribution in [-0.4, -0.2) is 37.6 Å². The Balaban J connectivity index is 2.86. The van der Waals surface area contributed by atoms with E-state index in [2.05, 4.69) is 0 Å². The Morgan fingerprint density at radius 2 is 1.86 bits per heavy atom. The summed E-state index contributed by atoms with van der Waals surface area (Å²) in [7, 11) is -3.46. The molecule has 0 amide bonds. The molecular formula is C15H23NO4S. The molecule has 0 fully saturated rings. The van der Waals surface area contributed by atoms with Gasteiger partial charge in [-0.1, -0.05) is 43.7 Å². The summed E-state index contributed by atoms with van der Waals surface area (Å²) in [5.74, 6) is -0.469. The van der Waals surface area contributed by atoms with Gasteiger partial charge in [-0.15, -0.1) is 0 Å². The Morgan fingerprint density at radius 1 is 1.19 bits per heavy atom. The molecule has 0 N–H and O–H groups in total. The van der Waals surface area contributed by atoms with E-state index in [1.807, 2.05) is 37.3 Å². The lowest BCUT2D eigenvalue weighted by atomic mass is 10.2. The van der Waals surface area contributed by atoms with Gasteiger partial charge in [-0.05, 0) is 18.9 Å². The molecule has 0 aromatic heterocycles. The molecule has 1 aromatic rings. The Kier molecular flexibility index (Phi) is 7.39. The van der Waals surface area contributed by atoms with Crippen LogP contribution in [0.25, 0.3) is 0 Å². The first-order valence-corrected chi connectivity index (χ1v) is 8.78. The lowest BCUT2D eigenvalue weighted by molar-refractivity contribution is -0.143. The zero-order chi connectivity index (χ0) is 15.7. The molecule has 21 heavy (non-hydrogen) atoms. The molecule has 1 aromatic carbocycles. The highest BCUT2D eigenvalue weighted by molar-refractivity contribution is 7.89. The van der Waals surface area contributed by atoms with Crippen molar-refractivity contribution in [3.63, 3.8) is 0 Å². The first kappa shape index (κ1) is 17.7. The van der Waals surface area contributed by atoms with Crippen LogP contribution in [0.1, 0.15) is 32.3 Å². The normalized spacial score (nSPS) is 11.6. The van der Waals surface area contributed by atoms with Gasteiger partial charge in [-0.2, -0.15) is 4.31 Å². The fraction of sp³-hybridized carbons (Fsp3) is 0.533. The van der Waals surface area contributed by atoms with Crippen molar-refractivity contribution >= 4 is 16.0 Å². The van der Waals surface area contributed by atoms with E-state index >= 15 is 0 Å². The second kappa shape index (κ2) is 8.79. The molecule has 0 radical (unpaired) electrons. The Labute approximate surface area is 127 Å². The molecule has 0 heterocycles. The third-order valence-corrected chi connectivity index (χ3v) is 4.81. The SMILES string of the molecule is CCCCS(=O)(=O)N(CC(=O)OCC)Cc1ccccc1. The summed E-state index contributed by atoms with van der Waals surface area (Å²) in [6.07, 6.45) is 1.37. The minimum absolute atomic E-state index is 0.0513. The fourth-order valence-corrected chi connectivity index (χ4v) is 3.41. The van der Waals surface area contributed by atoms with Gasteiger partial charge in [0.25, 0.3) is 0 Å². The monoisotopic (exact) mass is 313 g/mol. The van der Waals surface area contributed by atoms with E-state index in [0.29, 0.717) is 6.42 Å². The van der Waals surface area contributed by atoms with E-state index in [4.69, 9.17) is 4.74 Å². The fourth-order valence-electron chi connectivity index (χ4n) is 1.85. The molecule has 0 aliphatic carbocycles. The third kappa shape index (κ3) is 6.27. The summed E-state index contributed by atoms with van der Waals surface area (Å²) < 4.78 is 30.8. The number of ether oxygens (including phenoxy) is 1. The topological polar surface area (TPSA) is 63.7 Å². The van der Waals surface area contributed by atoms with Gasteiger partial charge in [0, 0.05) is 6.54 Å². The van der Waals surface area contributed by atoms with Crippen molar-refractivity contribution in [1.29, 1.82) is 0 Å². The number of carbonyl (C=O) groups is 1. The molecule has 0 unspecified atom stereocenters. The summed E-state index contributed by atoms with van der Waals surface area (Å²) in [5, 5.41) is 0. The highest BCUT2D eigenvalue weighted by atomic mass is 32.2. The predicted molar refractivity (Wildman–Crippen MR) is 82.2 cm³/mol. The second-order valence-electron chi connectivity index (χ2n) is 4.73. The molecule has 0 aliphatic heterocycles. The summed E-state index contributed by atoms with van der Waals surface area (Å²) in [6, 6.07) is 9.23. The van der Waals surface area contributed by atoms with Crippen molar-refractivity contribution in [3.05, 3.63) is 35.9 Å². The van der Waals surface area contributed by atoms with Crippen molar-refractivity contribution in [2.75, 3.05) is 18.9 Å². The van der Waals surface area contributed by atoms with Gasteiger partial charge < -0.3 is 4.74 Å². The van der Waals surface area contributed by atoms with Gasteiger partial charge in [-0.3, -0.25) is 4.79 Å². The van der Waals surface area contributed by atoms with Crippen LogP contribution in [0.15, 0.2) is 30.3 Å². The average molecular weight is 313 g/mol. The van der Waals surface area contributed by atoms with Crippen LogP contribution in [0.3, 0.4) is 0 Å². The van der Waals surface area contributed by atoms with Crippen LogP contribution < -0.4 is 0 Å². The van der Waals surface area contributed by atoms with Gasteiger partial charge in [0.15, 0.2) is 0 Å². The van der Waals surface area contributed by atoms with Gasteiger partial charge >= 0.3 is 5.97 Å².